The van der Waals surface area contributed by atoms with Crippen LogP contribution in [-0.2, 0) is 16.6 Å². The van der Waals surface area contributed by atoms with Crippen LogP contribution in [0.5, 0.6) is 0 Å². The second-order valence-corrected chi connectivity index (χ2v) is 5.53. The van der Waals surface area contributed by atoms with Crippen LogP contribution in [0, 0.1) is 6.92 Å². The number of benzene rings is 1. The van der Waals surface area contributed by atoms with Gasteiger partial charge >= 0.3 is 0 Å². The van der Waals surface area contributed by atoms with Gasteiger partial charge in [-0.15, -0.1) is 0 Å². The van der Waals surface area contributed by atoms with E-state index in [2.05, 4.69) is 14.7 Å². The lowest BCUT2D eigenvalue weighted by atomic mass is 10.2. The Morgan fingerprint density at radius 3 is 2.67 bits per heavy atom. The summed E-state index contributed by atoms with van der Waals surface area (Å²) in [5, 5.41) is 0. The summed E-state index contributed by atoms with van der Waals surface area (Å²) in [5.41, 5.74) is 1.34. The molecule has 0 bridgehead atoms. The molecule has 0 aliphatic rings. The number of hydrogen-bond acceptors (Lipinski definition) is 4. The molecule has 0 aliphatic heterocycles. The summed E-state index contributed by atoms with van der Waals surface area (Å²) in [6, 6.07) is 8.52. The van der Waals surface area contributed by atoms with Gasteiger partial charge in [0.05, 0.1) is 17.1 Å². The Balaban J connectivity index is 2.16. The van der Waals surface area contributed by atoms with Crippen molar-refractivity contribution in [2.45, 2.75) is 18.4 Å². The van der Waals surface area contributed by atoms with Crippen molar-refractivity contribution >= 4 is 10.0 Å². The molecule has 0 radical (unpaired) electrons. The Kier molecular flexibility index (Phi) is 3.69. The zero-order valence-corrected chi connectivity index (χ0v) is 10.7. The molecule has 0 unspecified atom stereocenters. The number of nitrogens with zero attached hydrogens (tertiary/aromatic N) is 2. The standard InChI is InChI=1S/C12H13N3O2S/c1-10-4-2-3-5-12(10)18(16,17)15-8-11-6-7-13-9-14-11/h2-7,9,15H,8H2,1H3. The van der Waals surface area contributed by atoms with Crippen molar-refractivity contribution in [2.75, 3.05) is 0 Å². The zero-order valence-electron chi connectivity index (χ0n) is 9.87. The fourth-order valence-electron chi connectivity index (χ4n) is 1.53. The molecule has 6 heteroatoms. The van der Waals surface area contributed by atoms with Crippen molar-refractivity contribution in [2.24, 2.45) is 0 Å². The van der Waals surface area contributed by atoms with Gasteiger partial charge in [0.1, 0.15) is 6.33 Å². The van der Waals surface area contributed by atoms with E-state index in [1.165, 1.54) is 6.33 Å². The van der Waals surface area contributed by atoms with Gasteiger partial charge in [0.25, 0.3) is 0 Å². The van der Waals surface area contributed by atoms with E-state index in [9.17, 15) is 8.42 Å². The largest absolute Gasteiger partial charge is 0.245 e. The van der Waals surface area contributed by atoms with Gasteiger partial charge in [0.15, 0.2) is 0 Å². The van der Waals surface area contributed by atoms with Gasteiger partial charge in [0, 0.05) is 6.20 Å². The van der Waals surface area contributed by atoms with Crippen molar-refractivity contribution in [1.29, 1.82) is 0 Å². The molecule has 0 aliphatic carbocycles. The Labute approximate surface area is 106 Å². The average molecular weight is 263 g/mol. The van der Waals surface area contributed by atoms with Gasteiger partial charge in [-0.1, -0.05) is 18.2 Å². The molecule has 0 fully saturated rings. The SMILES string of the molecule is Cc1ccccc1S(=O)(=O)NCc1ccncn1. The van der Waals surface area contributed by atoms with E-state index >= 15 is 0 Å². The van der Waals surface area contributed by atoms with E-state index < -0.39 is 10.0 Å². The Morgan fingerprint density at radius 1 is 1.22 bits per heavy atom. The topological polar surface area (TPSA) is 72.0 Å². The second kappa shape index (κ2) is 5.24. The van der Waals surface area contributed by atoms with Crippen molar-refractivity contribution in [3.8, 4) is 0 Å². The highest BCUT2D eigenvalue weighted by Crippen LogP contribution is 2.13. The third kappa shape index (κ3) is 2.91. The first-order valence-electron chi connectivity index (χ1n) is 5.40. The molecule has 1 heterocycles. The fourth-order valence-corrected chi connectivity index (χ4v) is 2.77. The Bertz CT molecular complexity index is 627. The maximum Gasteiger partial charge on any atom is 0.241 e. The quantitative estimate of drug-likeness (QED) is 0.901. The van der Waals surface area contributed by atoms with E-state index in [1.807, 2.05) is 0 Å². The van der Waals surface area contributed by atoms with Gasteiger partial charge in [-0.05, 0) is 24.6 Å². The highest BCUT2D eigenvalue weighted by atomic mass is 32.2. The van der Waals surface area contributed by atoms with E-state index in [1.54, 1.807) is 43.5 Å². The van der Waals surface area contributed by atoms with Crippen LogP contribution in [0.15, 0.2) is 47.8 Å². The van der Waals surface area contributed by atoms with Crippen LogP contribution in [0.2, 0.25) is 0 Å². The molecule has 0 spiro atoms. The molecular formula is C12H13N3O2S. The third-order valence-electron chi connectivity index (χ3n) is 2.47. The van der Waals surface area contributed by atoms with Gasteiger partial charge in [-0.25, -0.2) is 23.1 Å². The molecule has 94 valence electrons. The predicted octanol–water partition coefficient (Wildman–Crippen LogP) is 1.26. The summed E-state index contributed by atoms with van der Waals surface area (Å²) >= 11 is 0. The van der Waals surface area contributed by atoms with E-state index in [0.29, 0.717) is 16.2 Å². The first kappa shape index (κ1) is 12.7. The van der Waals surface area contributed by atoms with Gasteiger partial charge in [0.2, 0.25) is 10.0 Å². The molecule has 0 amide bonds. The lowest BCUT2D eigenvalue weighted by molar-refractivity contribution is 0.579. The summed E-state index contributed by atoms with van der Waals surface area (Å²) in [4.78, 5) is 8.02. The van der Waals surface area contributed by atoms with Crippen molar-refractivity contribution in [3.63, 3.8) is 0 Å². The van der Waals surface area contributed by atoms with Gasteiger partial charge in [-0.2, -0.15) is 0 Å². The van der Waals surface area contributed by atoms with Crippen LogP contribution >= 0.6 is 0 Å². The Morgan fingerprint density at radius 2 is 2.00 bits per heavy atom. The normalized spacial score (nSPS) is 11.4. The third-order valence-corrected chi connectivity index (χ3v) is 4.03. The summed E-state index contributed by atoms with van der Waals surface area (Å²) in [5.74, 6) is 0. The van der Waals surface area contributed by atoms with Crippen LogP contribution in [0.4, 0.5) is 0 Å². The number of aryl methyl sites for hydroxylation is 1. The number of aromatic nitrogens is 2. The maximum absolute atomic E-state index is 12.1. The predicted molar refractivity (Wildman–Crippen MR) is 67.2 cm³/mol. The summed E-state index contributed by atoms with van der Waals surface area (Å²) in [6.07, 6.45) is 2.96. The summed E-state index contributed by atoms with van der Waals surface area (Å²) < 4.78 is 26.7. The average Bonchev–Trinajstić information content (AvgIpc) is 2.38. The fraction of sp³-hybridized carbons (Fsp3) is 0.167. The molecule has 1 aromatic carbocycles. The minimum Gasteiger partial charge on any atom is -0.245 e. The van der Waals surface area contributed by atoms with Crippen LogP contribution in [0.25, 0.3) is 0 Å². The molecule has 5 nitrogen and oxygen atoms in total. The van der Waals surface area contributed by atoms with Crippen LogP contribution in [0.3, 0.4) is 0 Å². The lowest BCUT2D eigenvalue weighted by Crippen LogP contribution is -2.24. The number of rotatable bonds is 4. The van der Waals surface area contributed by atoms with Crippen molar-refractivity contribution in [1.82, 2.24) is 14.7 Å². The molecule has 1 N–H and O–H groups in total. The smallest absolute Gasteiger partial charge is 0.241 e. The van der Waals surface area contributed by atoms with Crippen LogP contribution in [-0.4, -0.2) is 18.4 Å². The molecular weight excluding hydrogens is 250 g/mol. The van der Waals surface area contributed by atoms with E-state index in [0.717, 1.165) is 0 Å². The highest BCUT2D eigenvalue weighted by Gasteiger charge is 2.15. The monoisotopic (exact) mass is 263 g/mol. The molecule has 2 aromatic rings. The van der Waals surface area contributed by atoms with Crippen molar-refractivity contribution < 1.29 is 8.42 Å². The van der Waals surface area contributed by atoms with Crippen molar-refractivity contribution in [3.05, 3.63) is 54.1 Å². The maximum atomic E-state index is 12.1. The molecule has 0 saturated heterocycles. The number of nitrogens with one attached hydrogen (secondary N) is 1. The second-order valence-electron chi connectivity index (χ2n) is 3.79. The highest BCUT2D eigenvalue weighted by molar-refractivity contribution is 7.89. The number of hydrogen-bond donors (Lipinski definition) is 1. The molecule has 0 saturated carbocycles. The van der Waals surface area contributed by atoms with Gasteiger partial charge in [-0.3, -0.25) is 0 Å². The molecule has 0 atom stereocenters. The summed E-state index contributed by atoms with van der Waals surface area (Å²) in [7, 11) is -3.50. The minimum absolute atomic E-state index is 0.152. The van der Waals surface area contributed by atoms with Crippen LogP contribution < -0.4 is 4.72 Å². The Hall–Kier alpha value is -1.79. The molecule has 1 aromatic heterocycles. The first-order valence-corrected chi connectivity index (χ1v) is 6.88. The molecule has 2 rings (SSSR count). The first-order chi connectivity index (χ1) is 8.59. The lowest BCUT2D eigenvalue weighted by Gasteiger charge is -2.08. The number of sulfonamides is 1. The zero-order chi connectivity index (χ0) is 13.0. The van der Waals surface area contributed by atoms with Crippen LogP contribution in [0.1, 0.15) is 11.3 Å². The molecule has 18 heavy (non-hydrogen) atoms. The summed E-state index contributed by atoms with van der Waals surface area (Å²) in [6.45, 7) is 1.92. The van der Waals surface area contributed by atoms with E-state index in [4.69, 9.17) is 0 Å². The minimum atomic E-state index is -3.50. The van der Waals surface area contributed by atoms with Gasteiger partial charge < -0.3 is 0 Å². The van der Waals surface area contributed by atoms with E-state index in [-0.39, 0.29) is 6.54 Å².